The summed E-state index contributed by atoms with van der Waals surface area (Å²) in [6, 6.07) is 9.19. The number of nitro groups is 1. The molecule has 0 saturated carbocycles. The number of ketones is 1. The van der Waals surface area contributed by atoms with Gasteiger partial charge in [-0.1, -0.05) is 32.4 Å². The van der Waals surface area contributed by atoms with E-state index in [0.29, 0.717) is 0 Å². The van der Waals surface area contributed by atoms with Crippen LogP contribution in [-0.2, 0) is 9.59 Å². The molecular formula is C19H18ClN3O5. The van der Waals surface area contributed by atoms with E-state index in [9.17, 15) is 24.8 Å². The second kappa shape index (κ2) is 8.18. The molecule has 2 rings (SSSR count). The van der Waals surface area contributed by atoms with E-state index in [2.05, 4.69) is 10.3 Å². The topological polar surface area (TPSA) is 122 Å². The highest BCUT2D eigenvalue weighted by atomic mass is 35.5. The van der Waals surface area contributed by atoms with Crippen molar-refractivity contribution in [3.8, 4) is 5.75 Å². The van der Waals surface area contributed by atoms with Crippen molar-refractivity contribution in [3.63, 3.8) is 0 Å². The van der Waals surface area contributed by atoms with E-state index in [1.54, 1.807) is 20.8 Å². The van der Waals surface area contributed by atoms with Crippen molar-refractivity contribution in [2.75, 3.05) is 5.32 Å². The van der Waals surface area contributed by atoms with E-state index >= 15 is 0 Å². The smallest absolute Gasteiger partial charge is 0.278 e. The molecule has 0 aliphatic rings. The van der Waals surface area contributed by atoms with Crippen LogP contribution < -0.4 is 5.32 Å². The number of halogens is 1. The molecule has 8 nitrogen and oxygen atoms in total. The van der Waals surface area contributed by atoms with Crippen molar-refractivity contribution in [2.24, 2.45) is 10.4 Å². The highest BCUT2D eigenvalue weighted by Gasteiger charge is 2.31. The molecule has 0 saturated heterocycles. The van der Waals surface area contributed by atoms with Gasteiger partial charge in [-0.25, -0.2) is 4.99 Å². The van der Waals surface area contributed by atoms with Crippen LogP contribution >= 0.6 is 11.6 Å². The van der Waals surface area contributed by atoms with Crippen molar-refractivity contribution >= 4 is 46.1 Å². The number of phenols is 1. The first-order valence-electron chi connectivity index (χ1n) is 8.17. The Morgan fingerprint density at radius 3 is 2.29 bits per heavy atom. The zero-order chi connectivity index (χ0) is 21.1. The maximum absolute atomic E-state index is 12.8. The van der Waals surface area contributed by atoms with Crippen LogP contribution in [-0.4, -0.2) is 27.4 Å². The molecule has 0 heterocycles. The Labute approximate surface area is 166 Å². The molecule has 0 aromatic heterocycles. The van der Waals surface area contributed by atoms with Crippen LogP contribution in [0.15, 0.2) is 47.5 Å². The number of hydrogen-bond acceptors (Lipinski definition) is 6. The zero-order valence-electron chi connectivity index (χ0n) is 15.4. The number of phenolic OH excluding ortho intramolecular Hbond substituents is 1. The number of nitrogens with one attached hydrogen (secondary N) is 1. The number of Topliss-reactive ketones (excluding diaryl/α,β-unsaturated/α-hetero) is 1. The lowest BCUT2D eigenvalue weighted by Crippen LogP contribution is -2.37. The van der Waals surface area contributed by atoms with E-state index in [0.717, 1.165) is 6.07 Å². The van der Waals surface area contributed by atoms with Gasteiger partial charge in [-0.15, -0.1) is 0 Å². The van der Waals surface area contributed by atoms with Gasteiger partial charge in [-0.2, -0.15) is 0 Å². The third kappa shape index (κ3) is 5.14. The van der Waals surface area contributed by atoms with Gasteiger partial charge in [0, 0.05) is 17.5 Å². The lowest BCUT2D eigenvalue weighted by Gasteiger charge is -2.18. The number of nitro benzene ring substituents is 1. The number of rotatable bonds is 5. The number of carbonyl (C=O) groups is 2. The summed E-state index contributed by atoms with van der Waals surface area (Å²) in [6.07, 6.45) is 0. The normalized spacial score (nSPS) is 11.8. The number of anilines is 1. The molecule has 1 amide bonds. The SMILES string of the molecule is CC(C)(C)C(=O)C(=Nc1ccc(O)cc1)C(=O)Nc1cc([N+](=O)[O-])ccc1Cl. The second-order valence-electron chi connectivity index (χ2n) is 6.93. The minimum absolute atomic E-state index is 0.00970. The molecule has 0 atom stereocenters. The van der Waals surface area contributed by atoms with Crippen LogP contribution in [0.4, 0.5) is 17.1 Å². The quantitative estimate of drug-likeness (QED) is 0.334. The van der Waals surface area contributed by atoms with Crippen LogP contribution in [0.5, 0.6) is 5.75 Å². The van der Waals surface area contributed by atoms with Gasteiger partial charge in [-0.05, 0) is 30.3 Å². The number of aromatic hydroxyl groups is 1. The number of benzene rings is 2. The lowest BCUT2D eigenvalue weighted by atomic mass is 9.87. The summed E-state index contributed by atoms with van der Waals surface area (Å²) >= 11 is 6.01. The van der Waals surface area contributed by atoms with Crippen LogP contribution in [0.25, 0.3) is 0 Å². The Hall–Kier alpha value is -3.26. The minimum atomic E-state index is -0.903. The second-order valence-corrected chi connectivity index (χ2v) is 7.34. The number of non-ortho nitro benzene ring substituents is 1. The van der Waals surface area contributed by atoms with Gasteiger partial charge in [-0.3, -0.25) is 19.7 Å². The van der Waals surface area contributed by atoms with E-state index in [-0.39, 0.29) is 33.5 Å². The first-order chi connectivity index (χ1) is 13.0. The molecule has 0 unspecified atom stereocenters. The zero-order valence-corrected chi connectivity index (χ0v) is 16.1. The summed E-state index contributed by atoms with van der Waals surface area (Å²) in [6.45, 7) is 4.90. The van der Waals surface area contributed by atoms with E-state index in [4.69, 9.17) is 11.6 Å². The van der Waals surface area contributed by atoms with Gasteiger partial charge in [0.15, 0.2) is 11.5 Å². The molecule has 28 heavy (non-hydrogen) atoms. The van der Waals surface area contributed by atoms with Crippen molar-refractivity contribution < 1.29 is 19.6 Å². The van der Waals surface area contributed by atoms with Crippen LogP contribution in [0.3, 0.4) is 0 Å². The molecule has 9 heteroatoms. The molecule has 0 bridgehead atoms. The Morgan fingerprint density at radius 1 is 1.14 bits per heavy atom. The van der Waals surface area contributed by atoms with Crippen molar-refractivity contribution in [1.29, 1.82) is 0 Å². The molecular weight excluding hydrogens is 386 g/mol. The van der Waals surface area contributed by atoms with E-state index in [1.165, 1.54) is 36.4 Å². The third-order valence-corrected chi connectivity index (χ3v) is 3.94. The van der Waals surface area contributed by atoms with Crippen molar-refractivity contribution in [1.82, 2.24) is 0 Å². The standard InChI is InChI=1S/C19H18ClN3O5/c1-19(2,3)17(25)16(21-11-4-7-13(24)8-5-11)18(26)22-15-10-12(23(27)28)6-9-14(15)20/h4-10,24H,1-3H3,(H,22,26). The third-order valence-electron chi connectivity index (χ3n) is 3.61. The summed E-state index contributed by atoms with van der Waals surface area (Å²) in [5, 5.41) is 22.8. The highest BCUT2D eigenvalue weighted by molar-refractivity contribution is 6.68. The first-order valence-corrected chi connectivity index (χ1v) is 8.54. The van der Waals surface area contributed by atoms with Gasteiger partial charge in [0.1, 0.15) is 5.75 Å². The van der Waals surface area contributed by atoms with Gasteiger partial charge in [0.05, 0.1) is 21.3 Å². The number of aliphatic imine (C=N–C) groups is 1. The Morgan fingerprint density at radius 2 is 1.75 bits per heavy atom. The maximum Gasteiger partial charge on any atom is 0.278 e. The average Bonchev–Trinajstić information content (AvgIpc) is 2.61. The highest BCUT2D eigenvalue weighted by Crippen LogP contribution is 2.27. The summed E-state index contributed by atoms with van der Waals surface area (Å²) < 4.78 is 0. The maximum atomic E-state index is 12.8. The largest absolute Gasteiger partial charge is 0.508 e. The molecule has 0 radical (unpaired) electrons. The van der Waals surface area contributed by atoms with Crippen LogP contribution in [0, 0.1) is 15.5 Å². The number of amides is 1. The minimum Gasteiger partial charge on any atom is -0.508 e. The molecule has 2 N–H and O–H groups in total. The van der Waals surface area contributed by atoms with Crippen LogP contribution in [0.1, 0.15) is 20.8 Å². The van der Waals surface area contributed by atoms with Crippen LogP contribution in [0.2, 0.25) is 5.02 Å². The van der Waals surface area contributed by atoms with Crippen molar-refractivity contribution in [3.05, 3.63) is 57.6 Å². The average molecular weight is 404 g/mol. The van der Waals surface area contributed by atoms with Crippen molar-refractivity contribution in [2.45, 2.75) is 20.8 Å². The predicted molar refractivity (Wildman–Crippen MR) is 106 cm³/mol. The summed E-state index contributed by atoms with van der Waals surface area (Å²) in [4.78, 5) is 39.9. The first kappa shape index (κ1) is 21.0. The van der Waals surface area contributed by atoms with Gasteiger partial charge in [0.2, 0.25) is 0 Å². The number of nitrogens with zero attached hydrogens (tertiary/aromatic N) is 2. The Kier molecular flexibility index (Phi) is 6.15. The summed E-state index contributed by atoms with van der Waals surface area (Å²) in [5.41, 5.74) is -1.29. The van der Waals surface area contributed by atoms with Gasteiger partial charge < -0.3 is 10.4 Å². The van der Waals surface area contributed by atoms with E-state index in [1.807, 2.05) is 0 Å². The molecule has 2 aromatic carbocycles. The predicted octanol–water partition coefficient (Wildman–Crippen LogP) is 4.28. The number of carbonyl (C=O) groups excluding carboxylic acids is 2. The molecule has 146 valence electrons. The van der Waals surface area contributed by atoms with E-state index < -0.39 is 22.0 Å². The molecule has 0 aliphatic carbocycles. The molecule has 0 fully saturated rings. The monoisotopic (exact) mass is 403 g/mol. The fourth-order valence-corrected chi connectivity index (χ4v) is 2.29. The Balaban J connectivity index is 2.45. The Bertz CT molecular complexity index is 963. The molecule has 0 aliphatic heterocycles. The number of hydrogen-bond donors (Lipinski definition) is 2. The summed E-state index contributed by atoms with van der Waals surface area (Å²) in [7, 11) is 0. The lowest BCUT2D eigenvalue weighted by molar-refractivity contribution is -0.384. The molecule has 0 spiro atoms. The molecule has 2 aromatic rings. The van der Waals surface area contributed by atoms with Gasteiger partial charge in [0.25, 0.3) is 11.6 Å². The van der Waals surface area contributed by atoms with Gasteiger partial charge >= 0.3 is 0 Å². The summed E-state index contributed by atoms with van der Waals surface area (Å²) in [5.74, 6) is -1.37. The fourth-order valence-electron chi connectivity index (χ4n) is 2.12. The fraction of sp³-hybridized carbons (Fsp3) is 0.211.